The number of anilines is 3. The van der Waals surface area contributed by atoms with Gasteiger partial charge >= 0.3 is 0 Å². The molecule has 2 heteroatoms. The maximum atomic E-state index is 2.38. The number of rotatable bonds is 5. The van der Waals surface area contributed by atoms with Crippen LogP contribution in [-0.4, -0.2) is 0 Å². The third-order valence-electron chi connectivity index (χ3n) is 9.04. The molecular formula is C44H29NS. The standard InChI is InChI=1S/C44H29NS/c1-2-12-33-28-37(27-22-30(33)10-1)45(35-25-23-32(24-26-35)39-18-8-13-31-11-3-4-16-38(31)39)36-15-7-14-34(29-36)40-19-9-21-43-44(40)41-17-5-6-20-42(41)46-43/h1-29H. The van der Waals surface area contributed by atoms with Crippen molar-refractivity contribution in [2.75, 3.05) is 4.90 Å². The zero-order valence-electron chi connectivity index (χ0n) is 25.1. The number of thiophene rings is 1. The summed E-state index contributed by atoms with van der Waals surface area (Å²) in [6, 6.07) is 64.0. The van der Waals surface area contributed by atoms with Gasteiger partial charge in [0.1, 0.15) is 0 Å². The van der Waals surface area contributed by atoms with E-state index in [4.69, 9.17) is 0 Å². The Morgan fingerprint density at radius 3 is 1.87 bits per heavy atom. The second kappa shape index (κ2) is 11.0. The first-order valence-corrected chi connectivity index (χ1v) is 16.5. The second-order valence-corrected chi connectivity index (χ2v) is 12.9. The van der Waals surface area contributed by atoms with Crippen molar-refractivity contribution >= 4 is 70.1 Å². The summed E-state index contributed by atoms with van der Waals surface area (Å²) in [6.45, 7) is 0. The molecule has 0 aliphatic carbocycles. The molecule has 0 aliphatic heterocycles. The van der Waals surface area contributed by atoms with Crippen LogP contribution in [-0.2, 0) is 0 Å². The Kier molecular flexibility index (Phi) is 6.40. The van der Waals surface area contributed by atoms with E-state index in [9.17, 15) is 0 Å². The van der Waals surface area contributed by atoms with Gasteiger partial charge in [0.15, 0.2) is 0 Å². The van der Waals surface area contributed by atoms with Crippen molar-refractivity contribution in [2.45, 2.75) is 0 Å². The van der Waals surface area contributed by atoms with Crippen molar-refractivity contribution < 1.29 is 0 Å². The lowest BCUT2D eigenvalue weighted by molar-refractivity contribution is 1.29. The van der Waals surface area contributed by atoms with E-state index in [2.05, 4.69) is 181 Å². The van der Waals surface area contributed by atoms with E-state index in [1.807, 2.05) is 11.3 Å². The fourth-order valence-corrected chi connectivity index (χ4v) is 7.99. The minimum Gasteiger partial charge on any atom is -0.310 e. The van der Waals surface area contributed by atoms with E-state index in [1.165, 1.54) is 64.0 Å². The molecule has 0 N–H and O–H groups in total. The molecule has 0 atom stereocenters. The van der Waals surface area contributed by atoms with Gasteiger partial charge in [-0.2, -0.15) is 0 Å². The van der Waals surface area contributed by atoms with Crippen molar-refractivity contribution in [1.82, 2.24) is 0 Å². The quantitative estimate of drug-likeness (QED) is 0.189. The van der Waals surface area contributed by atoms with Gasteiger partial charge in [-0.1, -0.05) is 127 Å². The molecule has 1 nitrogen and oxygen atoms in total. The van der Waals surface area contributed by atoms with E-state index < -0.39 is 0 Å². The van der Waals surface area contributed by atoms with Crippen LogP contribution >= 0.6 is 11.3 Å². The summed E-state index contributed by atoms with van der Waals surface area (Å²) in [5.41, 5.74) is 8.32. The van der Waals surface area contributed by atoms with Crippen LogP contribution < -0.4 is 4.90 Å². The molecule has 1 heterocycles. The van der Waals surface area contributed by atoms with Crippen LogP contribution in [0.5, 0.6) is 0 Å². The van der Waals surface area contributed by atoms with Crippen LogP contribution in [0.25, 0.3) is 64.0 Å². The first-order chi connectivity index (χ1) is 22.8. The van der Waals surface area contributed by atoms with E-state index in [-0.39, 0.29) is 0 Å². The molecule has 0 aliphatic rings. The Bertz CT molecular complexity index is 2530. The molecule has 8 aromatic carbocycles. The van der Waals surface area contributed by atoms with Crippen LogP contribution in [0, 0.1) is 0 Å². The average molecular weight is 604 g/mol. The molecule has 216 valence electrons. The van der Waals surface area contributed by atoms with E-state index in [0.717, 1.165) is 17.1 Å². The van der Waals surface area contributed by atoms with Gasteiger partial charge in [-0.3, -0.25) is 0 Å². The van der Waals surface area contributed by atoms with Gasteiger partial charge in [0.25, 0.3) is 0 Å². The highest BCUT2D eigenvalue weighted by molar-refractivity contribution is 7.25. The number of hydrogen-bond acceptors (Lipinski definition) is 2. The molecule has 0 saturated carbocycles. The second-order valence-electron chi connectivity index (χ2n) is 11.8. The van der Waals surface area contributed by atoms with Gasteiger partial charge in [0, 0.05) is 37.2 Å². The molecule has 9 rings (SSSR count). The summed E-state index contributed by atoms with van der Waals surface area (Å²) >= 11 is 1.87. The van der Waals surface area contributed by atoms with Crippen LogP contribution in [0.1, 0.15) is 0 Å². The van der Waals surface area contributed by atoms with Crippen molar-refractivity contribution in [3.05, 3.63) is 176 Å². The molecule has 9 aromatic rings. The SMILES string of the molecule is c1cc(-c2cccc3sc4ccccc4c23)cc(N(c2ccc(-c3cccc4ccccc34)cc2)c2ccc3ccccc3c2)c1. The molecule has 0 radical (unpaired) electrons. The monoisotopic (exact) mass is 603 g/mol. The normalized spacial score (nSPS) is 11.5. The Morgan fingerprint density at radius 1 is 0.348 bits per heavy atom. The lowest BCUT2D eigenvalue weighted by Crippen LogP contribution is -2.10. The Labute approximate surface area is 272 Å². The van der Waals surface area contributed by atoms with Gasteiger partial charge in [-0.15, -0.1) is 11.3 Å². The topological polar surface area (TPSA) is 3.24 Å². The maximum absolute atomic E-state index is 2.38. The van der Waals surface area contributed by atoms with Gasteiger partial charge in [-0.05, 0) is 92.3 Å². The molecular weight excluding hydrogens is 575 g/mol. The van der Waals surface area contributed by atoms with E-state index in [0.29, 0.717) is 0 Å². The predicted octanol–water partition coefficient (Wildman–Crippen LogP) is 13.2. The summed E-state index contributed by atoms with van der Waals surface area (Å²) in [5.74, 6) is 0. The van der Waals surface area contributed by atoms with Gasteiger partial charge in [-0.25, -0.2) is 0 Å². The summed E-state index contributed by atoms with van der Waals surface area (Å²) in [7, 11) is 0. The average Bonchev–Trinajstić information content (AvgIpc) is 3.51. The van der Waals surface area contributed by atoms with Crippen molar-refractivity contribution in [3.8, 4) is 22.3 Å². The molecule has 0 bridgehead atoms. The summed E-state index contributed by atoms with van der Waals surface area (Å²) in [6.07, 6.45) is 0. The highest BCUT2D eigenvalue weighted by Gasteiger charge is 2.16. The van der Waals surface area contributed by atoms with Crippen molar-refractivity contribution in [3.63, 3.8) is 0 Å². The number of hydrogen-bond donors (Lipinski definition) is 0. The Morgan fingerprint density at radius 2 is 0.978 bits per heavy atom. The van der Waals surface area contributed by atoms with Crippen LogP contribution in [0.2, 0.25) is 0 Å². The number of benzene rings is 8. The van der Waals surface area contributed by atoms with Crippen molar-refractivity contribution in [2.24, 2.45) is 0 Å². The largest absolute Gasteiger partial charge is 0.310 e. The lowest BCUT2D eigenvalue weighted by Gasteiger charge is -2.27. The lowest BCUT2D eigenvalue weighted by atomic mass is 9.97. The Balaban J connectivity index is 1.20. The van der Waals surface area contributed by atoms with E-state index >= 15 is 0 Å². The fourth-order valence-electron chi connectivity index (χ4n) is 6.86. The fraction of sp³-hybridized carbons (Fsp3) is 0. The van der Waals surface area contributed by atoms with Crippen LogP contribution in [0.4, 0.5) is 17.1 Å². The number of nitrogens with zero attached hydrogens (tertiary/aromatic N) is 1. The van der Waals surface area contributed by atoms with Gasteiger partial charge < -0.3 is 4.90 Å². The smallest absolute Gasteiger partial charge is 0.0468 e. The zero-order chi connectivity index (χ0) is 30.5. The van der Waals surface area contributed by atoms with Gasteiger partial charge in [0.05, 0.1) is 0 Å². The molecule has 1 aromatic heterocycles. The number of fused-ring (bicyclic) bond motifs is 5. The molecule has 0 fully saturated rings. The molecule has 0 amide bonds. The third-order valence-corrected chi connectivity index (χ3v) is 10.2. The van der Waals surface area contributed by atoms with E-state index in [1.54, 1.807) is 0 Å². The minimum atomic E-state index is 1.12. The van der Waals surface area contributed by atoms with Gasteiger partial charge in [0.2, 0.25) is 0 Å². The highest BCUT2D eigenvalue weighted by Crippen LogP contribution is 2.43. The van der Waals surface area contributed by atoms with Crippen LogP contribution in [0.3, 0.4) is 0 Å². The minimum absolute atomic E-state index is 1.12. The summed E-state index contributed by atoms with van der Waals surface area (Å²) in [4.78, 5) is 2.38. The summed E-state index contributed by atoms with van der Waals surface area (Å²) < 4.78 is 2.64. The highest BCUT2D eigenvalue weighted by atomic mass is 32.1. The molecule has 0 spiro atoms. The first kappa shape index (κ1) is 26.7. The summed E-state index contributed by atoms with van der Waals surface area (Å²) in [5, 5.41) is 7.64. The van der Waals surface area contributed by atoms with Crippen molar-refractivity contribution in [1.29, 1.82) is 0 Å². The maximum Gasteiger partial charge on any atom is 0.0468 e. The zero-order valence-corrected chi connectivity index (χ0v) is 25.9. The molecule has 0 saturated heterocycles. The predicted molar refractivity (Wildman–Crippen MR) is 200 cm³/mol. The Hall–Kier alpha value is -5.70. The molecule has 0 unspecified atom stereocenters. The third kappa shape index (κ3) is 4.54. The van der Waals surface area contributed by atoms with Crippen LogP contribution in [0.15, 0.2) is 176 Å². The molecule has 46 heavy (non-hydrogen) atoms. The first-order valence-electron chi connectivity index (χ1n) is 15.7.